The quantitative estimate of drug-likeness (QED) is 0.562. The average Bonchev–Trinajstić information content (AvgIpc) is 3.22. The number of nitrogens with zero attached hydrogens (tertiary/aromatic N) is 1. The number of carboxylic acid groups (broad SMARTS) is 1. The number of hydrogen-bond acceptors (Lipinski definition) is 7. The van der Waals surface area contributed by atoms with E-state index in [-0.39, 0.29) is 22.0 Å². The van der Waals surface area contributed by atoms with E-state index >= 15 is 0 Å². The summed E-state index contributed by atoms with van der Waals surface area (Å²) in [6, 6.07) is 10.9. The van der Waals surface area contributed by atoms with Gasteiger partial charge in [0, 0.05) is 10.9 Å². The van der Waals surface area contributed by atoms with Crippen LogP contribution in [0.1, 0.15) is 20.9 Å². The Balaban J connectivity index is 1.81. The third-order valence-electron chi connectivity index (χ3n) is 3.86. The lowest BCUT2D eigenvalue weighted by Crippen LogP contribution is -2.14. The molecule has 0 fully saturated rings. The summed E-state index contributed by atoms with van der Waals surface area (Å²) in [6.45, 7) is 0. The Morgan fingerprint density at radius 2 is 1.83 bits per heavy atom. The average molecular weight is 444 g/mol. The number of benzene rings is 2. The van der Waals surface area contributed by atoms with Gasteiger partial charge in [-0.15, -0.1) is 11.3 Å². The lowest BCUT2D eigenvalue weighted by molar-refractivity contribution is 0.0696. The predicted molar refractivity (Wildman–Crippen MR) is 112 cm³/mol. The number of aromatic nitrogens is 1. The summed E-state index contributed by atoms with van der Waals surface area (Å²) < 4.78 is 37.8. The molecule has 0 unspecified atom stereocenters. The molecular weight excluding hydrogens is 428 g/mol. The lowest BCUT2D eigenvalue weighted by Gasteiger charge is -2.11. The molecule has 8 nitrogen and oxygen atoms in total. The van der Waals surface area contributed by atoms with Crippen LogP contribution in [-0.4, -0.2) is 38.7 Å². The van der Waals surface area contributed by atoms with Crippen molar-refractivity contribution in [3.8, 4) is 23.3 Å². The zero-order valence-electron chi connectivity index (χ0n) is 15.9. The van der Waals surface area contributed by atoms with E-state index in [9.17, 15) is 13.2 Å². The highest BCUT2D eigenvalue weighted by molar-refractivity contribution is 7.92. The van der Waals surface area contributed by atoms with E-state index in [2.05, 4.69) is 21.5 Å². The summed E-state index contributed by atoms with van der Waals surface area (Å²) in [5.41, 5.74) is 0.803. The number of sulfonamides is 1. The summed E-state index contributed by atoms with van der Waals surface area (Å²) in [6.07, 6.45) is 0. The summed E-state index contributed by atoms with van der Waals surface area (Å²) in [5, 5.41) is 10.6. The van der Waals surface area contributed by atoms with Crippen molar-refractivity contribution in [2.45, 2.75) is 5.03 Å². The van der Waals surface area contributed by atoms with Gasteiger partial charge in [-0.2, -0.15) is 8.42 Å². The van der Waals surface area contributed by atoms with Crippen molar-refractivity contribution in [1.29, 1.82) is 0 Å². The molecule has 3 aromatic rings. The summed E-state index contributed by atoms with van der Waals surface area (Å²) in [4.78, 5) is 15.1. The van der Waals surface area contributed by atoms with Gasteiger partial charge in [0.1, 0.15) is 11.5 Å². The highest BCUT2D eigenvalue weighted by Crippen LogP contribution is 2.28. The molecule has 1 aromatic heterocycles. The standard InChI is InChI=1S/C20H16N2O6S2/c1-27-15-7-3-13(4-8-15)5-10-18-21-19(12-29-18)30(25,26)22-16-9-6-14(20(23)24)11-17(16)28-2/h3-4,6-9,11-12,22H,1-2H3,(H,23,24). The highest BCUT2D eigenvalue weighted by Gasteiger charge is 2.20. The Labute approximate surface area is 177 Å². The number of carbonyl (C=O) groups is 1. The summed E-state index contributed by atoms with van der Waals surface area (Å²) in [5.74, 6) is 5.38. The molecule has 154 valence electrons. The maximum absolute atomic E-state index is 12.6. The minimum atomic E-state index is -4.01. The molecule has 3 rings (SSSR count). The number of aromatic carboxylic acids is 1. The van der Waals surface area contributed by atoms with Crippen molar-refractivity contribution in [3.63, 3.8) is 0 Å². The van der Waals surface area contributed by atoms with Crippen LogP contribution < -0.4 is 14.2 Å². The topological polar surface area (TPSA) is 115 Å². The smallest absolute Gasteiger partial charge is 0.335 e. The zero-order chi connectivity index (χ0) is 21.7. The van der Waals surface area contributed by atoms with Crippen LogP contribution in [-0.2, 0) is 10.0 Å². The van der Waals surface area contributed by atoms with Crippen LogP contribution >= 0.6 is 11.3 Å². The first kappa shape index (κ1) is 21.2. The lowest BCUT2D eigenvalue weighted by atomic mass is 10.2. The van der Waals surface area contributed by atoms with Crippen molar-refractivity contribution in [3.05, 3.63) is 64.0 Å². The van der Waals surface area contributed by atoms with E-state index in [0.29, 0.717) is 10.8 Å². The molecule has 0 amide bonds. The molecule has 0 saturated carbocycles. The van der Waals surface area contributed by atoms with Gasteiger partial charge in [-0.05, 0) is 48.4 Å². The van der Waals surface area contributed by atoms with E-state index in [1.165, 1.54) is 30.7 Å². The molecule has 0 radical (unpaired) electrons. The number of carboxylic acids is 1. The van der Waals surface area contributed by atoms with Crippen LogP contribution in [0.5, 0.6) is 11.5 Å². The predicted octanol–water partition coefficient (Wildman–Crippen LogP) is 3.06. The summed E-state index contributed by atoms with van der Waals surface area (Å²) >= 11 is 1.09. The van der Waals surface area contributed by atoms with E-state index in [4.69, 9.17) is 14.6 Å². The fraction of sp³-hybridized carbons (Fsp3) is 0.100. The van der Waals surface area contributed by atoms with Crippen LogP contribution in [0.4, 0.5) is 5.69 Å². The Bertz CT molecular complexity index is 1240. The van der Waals surface area contributed by atoms with Gasteiger partial charge in [0.25, 0.3) is 10.0 Å². The van der Waals surface area contributed by atoms with E-state index in [1.54, 1.807) is 31.4 Å². The number of anilines is 1. The molecular formula is C20H16N2O6S2. The fourth-order valence-electron chi connectivity index (χ4n) is 2.35. The molecule has 0 aliphatic heterocycles. The Morgan fingerprint density at radius 1 is 1.10 bits per heavy atom. The first-order valence-corrected chi connectivity index (χ1v) is 10.7. The van der Waals surface area contributed by atoms with Crippen LogP contribution in [0.3, 0.4) is 0 Å². The third-order valence-corrected chi connectivity index (χ3v) is 6.01. The number of hydrogen-bond donors (Lipinski definition) is 2. The number of thiazole rings is 1. The normalized spacial score (nSPS) is 10.6. The molecule has 30 heavy (non-hydrogen) atoms. The van der Waals surface area contributed by atoms with E-state index in [0.717, 1.165) is 16.9 Å². The third kappa shape index (κ3) is 4.89. The first-order chi connectivity index (χ1) is 14.3. The SMILES string of the molecule is COc1ccc(C#Cc2nc(S(=O)(=O)Nc3ccc(C(=O)O)cc3OC)cs2)cc1. The molecule has 0 aliphatic carbocycles. The zero-order valence-corrected chi connectivity index (χ0v) is 17.5. The van der Waals surface area contributed by atoms with Crippen molar-refractivity contribution < 1.29 is 27.8 Å². The molecule has 10 heteroatoms. The van der Waals surface area contributed by atoms with E-state index < -0.39 is 16.0 Å². The van der Waals surface area contributed by atoms with Gasteiger partial charge in [0.05, 0.1) is 25.5 Å². The second kappa shape index (κ2) is 8.86. The molecule has 0 aliphatic rings. The van der Waals surface area contributed by atoms with Crippen LogP contribution in [0, 0.1) is 11.8 Å². The van der Waals surface area contributed by atoms with Gasteiger partial charge >= 0.3 is 5.97 Å². The van der Waals surface area contributed by atoms with Gasteiger partial charge in [-0.3, -0.25) is 4.72 Å². The number of rotatable bonds is 6. The molecule has 0 saturated heterocycles. The monoisotopic (exact) mass is 444 g/mol. The van der Waals surface area contributed by atoms with Crippen molar-refractivity contribution >= 4 is 33.0 Å². The van der Waals surface area contributed by atoms with Gasteiger partial charge < -0.3 is 14.6 Å². The van der Waals surface area contributed by atoms with Gasteiger partial charge in [0.15, 0.2) is 10.0 Å². The maximum atomic E-state index is 12.6. The van der Waals surface area contributed by atoms with Crippen molar-refractivity contribution in [1.82, 2.24) is 4.98 Å². The maximum Gasteiger partial charge on any atom is 0.335 e. The van der Waals surface area contributed by atoms with E-state index in [1.807, 2.05) is 0 Å². The fourth-order valence-corrected chi connectivity index (χ4v) is 4.35. The van der Waals surface area contributed by atoms with Crippen molar-refractivity contribution in [2.24, 2.45) is 0 Å². The van der Waals surface area contributed by atoms with Gasteiger partial charge in [-0.1, -0.05) is 5.92 Å². The molecule has 1 heterocycles. The Kier molecular flexibility index (Phi) is 6.25. The molecule has 2 N–H and O–H groups in total. The van der Waals surface area contributed by atoms with Crippen LogP contribution in [0.15, 0.2) is 52.9 Å². The molecule has 0 atom stereocenters. The minimum Gasteiger partial charge on any atom is -0.497 e. The Morgan fingerprint density at radius 3 is 2.47 bits per heavy atom. The molecule has 2 aromatic carbocycles. The largest absolute Gasteiger partial charge is 0.497 e. The summed E-state index contributed by atoms with van der Waals surface area (Å²) in [7, 11) is -1.13. The number of ether oxygens (including phenoxy) is 2. The van der Waals surface area contributed by atoms with Crippen LogP contribution in [0.2, 0.25) is 0 Å². The Hall–Kier alpha value is -3.55. The highest BCUT2D eigenvalue weighted by atomic mass is 32.2. The first-order valence-electron chi connectivity index (χ1n) is 8.38. The van der Waals surface area contributed by atoms with Crippen LogP contribution in [0.25, 0.3) is 0 Å². The van der Waals surface area contributed by atoms with Crippen molar-refractivity contribution in [2.75, 3.05) is 18.9 Å². The van der Waals surface area contributed by atoms with Gasteiger partial charge in [0.2, 0.25) is 0 Å². The molecule has 0 spiro atoms. The minimum absolute atomic E-state index is 0.0282. The second-order valence-electron chi connectivity index (χ2n) is 5.80. The second-order valence-corrected chi connectivity index (χ2v) is 8.28. The van der Waals surface area contributed by atoms with Gasteiger partial charge in [-0.25, -0.2) is 9.78 Å². The number of methoxy groups -OCH3 is 2. The molecule has 0 bridgehead atoms. The number of nitrogens with one attached hydrogen (secondary N) is 1.